The van der Waals surface area contributed by atoms with E-state index in [1.165, 1.54) is 18.3 Å². The Morgan fingerprint density at radius 3 is 1.86 bits per heavy atom. The summed E-state index contributed by atoms with van der Waals surface area (Å²) in [6, 6.07) is 9.00. The Morgan fingerprint density at radius 2 is 1.29 bits per heavy atom. The quantitative estimate of drug-likeness (QED) is 0.0109. The first kappa shape index (κ1) is 107. The lowest BCUT2D eigenvalue weighted by molar-refractivity contribution is -0.192. The number of aromatic nitrogens is 1. The molecule has 2 heterocycles. The van der Waals surface area contributed by atoms with Gasteiger partial charge < -0.3 is 71.6 Å². The van der Waals surface area contributed by atoms with E-state index in [0.29, 0.717) is 74.8 Å². The summed E-state index contributed by atoms with van der Waals surface area (Å²) in [5.41, 5.74) is 2.20. The minimum atomic E-state index is -1.66. The first-order valence-electron chi connectivity index (χ1n) is 40.8. The third-order valence-electron chi connectivity index (χ3n) is 20.2. The Morgan fingerprint density at radius 1 is 0.661 bits per heavy atom. The Balaban J connectivity index is 0.000000795. The van der Waals surface area contributed by atoms with Gasteiger partial charge in [0.15, 0.2) is 18.3 Å². The number of esters is 2. The SMILES string of the molecule is CC(=O)OCCSSC[C@H](NC(=O)[C@H](CC(=O)O)CC(=O)[C@H](CC(=O)O)NC(=O)Cc1ccc(CC(=O)NCCCC[C@H](CC(=O)CCCCC(=O)O)C(=O)O)cc1)C(=O)O.CCCC(=O)OCN(C(=O)[C@@H](CC(=O)[C@H]1CCCCN1C)C(C)CC)[C@H](C[C@@H](C)c1nc(C(=O)N[C@@H](Cc2ccc(O)cc2)C[C@H](C)C(=O)NCC)cs1)C(C)C.O=C=O. The van der Waals surface area contributed by atoms with Crippen molar-refractivity contribution < 1.29 is 126 Å². The van der Waals surface area contributed by atoms with E-state index in [4.69, 9.17) is 29.2 Å². The molecule has 4 rings (SSSR count). The van der Waals surface area contributed by atoms with Crippen molar-refractivity contribution in [3.8, 4) is 5.75 Å². The van der Waals surface area contributed by atoms with Crippen LogP contribution in [0.15, 0.2) is 53.9 Å². The molecule has 121 heavy (non-hydrogen) atoms. The van der Waals surface area contributed by atoms with Gasteiger partial charge in [-0.2, -0.15) is 9.59 Å². The van der Waals surface area contributed by atoms with Gasteiger partial charge >= 0.3 is 47.9 Å². The summed E-state index contributed by atoms with van der Waals surface area (Å²) in [4.78, 5) is 224. The smallest absolute Gasteiger partial charge is 0.373 e. The van der Waals surface area contributed by atoms with Crippen LogP contribution in [-0.4, -0.2) is 228 Å². The van der Waals surface area contributed by atoms with Gasteiger partial charge in [0, 0.05) is 105 Å². The second kappa shape index (κ2) is 58.9. The summed E-state index contributed by atoms with van der Waals surface area (Å²) in [7, 11) is 4.18. The van der Waals surface area contributed by atoms with Crippen LogP contribution < -0.4 is 26.6 Å². The van der Waals surface area contributed by atoms with E-state index in [0.717, 1.165) is 64.4 Å². The molecule has 11 N–H and O–H groups in total. The number of thiazole rings is 1. The molecule has 0 saturated carbocycles. The summed E-state index contributed by atoms with van der Waals surface area (Å²) < 4.78 is 10.5. The van der Waals surface area contributed by atoms with Crippen LogP contribution in [0.2, 0.25) is 0 Å². The number of unbranched alkanes of at least 4 members (excludes halogenated alkanes) is 2. The number of phenols is 1. The molecule has 1 fully saturated rings. The van der Waals surface area contributed by atoms with Crippen LogP contribution in [0.1, 0.15) is 229 Å². The van der Waals surface area contributed by atoms with E-state index in [1.54, 1.807) is 58.8 Å². The molecule has 11 atom stereocenters. The Bertz CT molecular complexity index is 3890. The first-order chi connectivity index (χ1) is 57.3. The van der Waals surface area contributed by atoms with Crippen LogP contribution in [0.5, 0.6) is 5.75 Å². The number of ketones is 3. The summed E-state index contributed by atoms with van der Waals surface area (Å²) in [6.45, 7) is 18.5. The highest BCUT2D eigenvalue weighted by Gasteiger charge is 2.40. The maximum Gasteiger partial charge on any atom is 0.373 e. The molecule has 34 nitrogen and oxygen atoms in total. The maximum absolute atomic E-state index is 14.7. The Hall–Kier alpha value is -9.97. The van der Waals surface area contributed by atoms with Crippen LogP contribution in [0, 0.1) is 35.5 Å². The molecule has 0 bridgehead atoms. The number of carbonyl (C=O) groups is 16. The van der Waals surface area contributed by atoms with Crippen molar-refractivity contribution in [2.45, 2.75) is 246 Å². The lowest BCUT2D eigenvalue weighted by atomic mass is 9.82. The average Bonchev–Trinajstić information content (AvgIpc) is 1.02. The molecular weight excluding hydrogens is 1630 g/mol. The average molecular weight is 1760 g/mol. The number of likely N-dealkylation sites (tertiary alicyclic amines) is 1. The summed E-state index contributed by atoms with van der Waals surface area (Å²) >= 11 is 1.38. The van der Waals surface area contributed by atoms with Crippen molar-refractivity contribution in [1.82, 2.24) is 41.4 Å². The number of benzene rings is 2. The molecule has 6 amide bonds. The first-order valence-corrected chi connectivity index (χ1v) is 44.1. The number of amides is 6. The van der Waals surface area contributed by atoms with Crippen LogP contribution in [0.25, 0.3) is 0 Å². The van der Waals surface area contributed by atoms with Gasteiger partial charge in [-0.15, -0.1) is 11.3 Å². The molecule has 0 aliphatic carbocycles. The molecule has 3 aromatic rings. The van der Waals surface area contributed by atoms with Gasteiger partial charge in [-0.25, -0.2) is 9.78 Å². The van der Waals surface area contributed by atoms with Crippen LogP contribution in [0.4, 0.5) is 0 Å². The third-order valence-corrected chi connectivity index (χ3v) is 23.6. The minimum Gasteiger partial charge on any atom is -0.508 e. The molecule has 1 aliphatic rings. The monoisotopic (exact) mass is 1750 g/mol. The van der Waals surface area contributed by atoms with Crippen molar-refractivity contribution in [1.29, 1.82) is 0 Å². The number of Topliss-reactive ketones (excluding diaryl/α,β-unsaturated/α-hetero) is 3. The van der Waals surface area contributed by atoms with Gasteiger partial charge in [0.25, 0.3) is 5.91 Å². The largest absolute Gasteiger partial charge is 0.508 e. The molecule has 1 unspecified atom stereocenters. The number of carboxylic acid groups (broad SMARTS) is 5. The van der Waals surface area contributed by atoms with Gasteiger partial charge in [0.05, 0.1) is 54.6 Å². The molecule has 0 radical (unpaired) electrons. The Labute approximate surface area is 717 Å². The highest BCUT2D eigenvalue weighted by atomic mass is 33.1. The standard InChI is InChI=1S/C44H69N5O7S.C39H53N3O17S2.CO2/c1-10-15-40(52)56-27-49(44(55)35(29(6)11-2)25-39(51)37-16-13-14-21-48(37)9)38(28(4)5)23-31(8)43-47-36(26-57-43)42(54)46-33(22-30(7)41(53)45-12-3)24-32-17-19-34(50)20-18-32;1-23(43)59-14-15-60-61-22-30(39(57)58)42-37(54)27(20-35(50)51)19-31(45)29(21-36(52)53)41-33(47)17-25-11-9-24(10-12-25)16-32(46)40-13-5-4-6-26(38(55)56)18-28(44)7-2-3-8-34(48)49;2-1-3/h17-20,26,28-31,33,35,37-38,50H,10-16,21-25,27H2,1-9H3,(H,45,53)(H,46,54);9-12,26-27,29-30H,2-8,13-22H2,1H3,(H,40,46)(H,41,47)(H,42,54)(H,48,49)(H,50,51)(H,52,53)(H,55,56)(H,57,58);/t29?,30-,31+,33+,35-,37+,38+;26-,27+,29+,30+;/m01./s1. The number of aromatic hydroxyl groups is 1. The predicted molar refractivity (Wildman–Crippen MR) is 448 cm³/mol. The summed E-state index contributed by atoms with van der Waals surface area (Å²) in [6.07, 6.45) is 4.98. The number of nitrogens with one attached hydrogen (secondary N) is 5. The van der Waals surface area contributed by atoms with Gasteiger partial charge in [-0.1, -0.05) is 126 Å². The number of hydrogen-bond acceptors (Lipinski definition) is 26. The minimum absolute atomic E-state index is 0.0191. The number of ether oxygens (including phenoxy) is 2. The van der Waals surface area contributed by atoms with Gasteiger partial charge in [0.1, 0.15) is 29.9 Å². The van der Waals surface area contributed by atoms with E-state index in [-0.39, 0.29) is 178 Å². The van der Waals surface area contributed by atoms with Crippen molar-refractivity contribution >= 4 is 134 Å². The van der Waals surface area contributed by atoms with Crippen LogP contribution in [-0.2, 0) is 110 Å². The summed E-state index contributed by atoms with van der Waals surface area (Å²) in [5.74, 6) is -14.6. The fourth-order valence-corrected chi connectivity index (χ4v) is 16.2. The number of likely N-dealkylation sites (N-methyl/N-ethyl adjacent to an activating group) is 1. The lowest BCUT2D eigenvalue weighted by Gasteiger charge is -2.39. The van der Waals surface area contributed by atoms with Crippen molar-refractivity contribution in [2.24, 2.45) is 35.5 Å². The summed E-state index contributed by atoms with van der Waals surface area (Å²) in [5, 5.41) is 72.0. The van der Waals surface area contributed by atoms with E-state index in [1.807, 2.05) is 62.4 Å². The maximum atomic E-state index is 14.7. The highest BCUT2D eigenvalue weighted by molar-refractivity contribution is 8.76. The highest BCUT2D eigenvalue weighted by Crippen LogP contribution is 2.34. The van der Waals surface area contributed by atoms with Crippen molar-refractivity contribution in [3.63, 3.8) is 0 Å². The number of piperidine rings is 1. The second-order valence-electron chi connectivity index (χ2n) is 30.5. The number of rotatable bonds is 57. The molecule has 37 heteroatoms. The Kier molecular flexibility index (Phi) is 52.1. The second-order valence-corrected chi connectivity index (χ2v) is 34.0. The molecule has 672 valence electrons. The molecular formula is C84H122N8O26S3. The molecule has 1 aromatic heterocycles. The van der Waals surface area contributed by atoms with Gasteiger partial charge in [-0.3, -0.25) is 76.8 Å². The number of carbonyl (C=O) groups excluding carboxylic acids is 13. The third kappa shape index (κ3) is 43.9. The van der Waals surface area contributed by atoms with E-state index < -0.39 is 103 Å². The zero-order valence-corrected chi connectivity index (χ0v) is 73.2. The number of carboxylic acids is 5. The molecule has 1 aliphatic heterocycles. The fraction of sp³-hybridized carbons (Fsp3) is 0.619. The molecule has 1 saturated heterocycles. The number of phenolic OH excluding ortho intramolecular Hbond substituents is 1. The fourth-order valence-electron chi connectivity index (χ4n) is 13.3. The number of hydrogen-bond donors (Lipinski definition) is 11. The van der Waals surface area contributed by atoms with Gasteiger partial charge in [-0.05, 0) is 125 Å². The topological polar surface area (TPSA) is 527 Å². The van der Waals surface area contributed by atoms with E-state index >= 15 is 0 Å². The number of aliphatic carboxylic acids is 5. The van der Waals surface area contributed by atoms with Crippen LogP contribution >= 0.6 is 32.9 Å². The predicted octanol–water partition coefficient (Wildman–Crippen LogP) is 8.41. The van der Waals surface area contributed by atoms with Crippen LogP contribution in [0.3, 0.4) is 0 Å². The van der Waals surface area contributed by atoms with Crippen molar-refractivity contribution in [3.05, 3.63) is 81.3 Å². The lowest BCUT2D eigenvalue weighted by Crippen LogP contribution is -2.50. The number of nitrogens with zero attached hydrogens (tertiary/aromatic N) is 3. The van der Waals surface area contributed by atoms with Gasteiger partial charge in [0.2, 0.25) is 29.5 Å². The van der Waals surface area contributed by atoms with E-state index in [2.05, 4.69) is 31.5 Å². The normalized spacial score (nSPS) is 14.9. The van der Waals surface area contributed by atoms with E-state index in [9.17, 15) is 102 Å². The van der Waals surface area contributed by atoms with Crippen molar-refractivity contribution in [2.75, 3.05) is 51.5 Å². The molecule has 0 spiro atoms. The zero-order valence-electron chi connectivity index (χ0n) is 70.8. The molecule has 2 aromatic carbocycles. The zero-order chi connectivity index (χ0) is 90.8.